The van der Waals surface area contributed by atoms with Crippen LogP contribution >= 0.6 is 0 Å². The average Bonchev–Trinajstić information content (AvgIpc) is 2.94. The summed E-state index contributed by atoms with van der Waals surface area (Å²) < 4.78 is 10.7. The number of amides is 2. The Morgan fingerprint density at radius 2 is 2.11 bits per heavy atom. The van der Waals surface area contributed by atoms with E-state index < -0.39 is 17.7 Å². The number of hydrogen-bond donors (Lipinski definition) is 2. The maximum atomic E-state index is 12.8. The molecule has 1 aliphatic rings. The van der Waals surface area contributed by atoms with E-state index in [1.54, 1.807) is 32.8 Å². The molecule has 2 amide bonds. The number of benzene rings is 1. The summed E-state index contributed by atoms with van der Waals surface area (Å²) in [7, 11) is 1.63. The summed E-state index contributed by atoms with van der Waals surface area (Å²) in [5, 5.41) is 12.3. The smallest absolute Gasteiger partial charge is 0.407 e. The van der Waals surface area contributed by atoms with Gasteiger partial charge in [-0.05, 0) is 52.2 Å². The highest BCUT2D eigenvalue weighted by Crippen LogP contribution is 2.28. The molecule has 2 atom stereocenters. The van der Waals surface area contributed by atoms with Crippen molar-refractivity contribution in [1.29, 1.82) is 0 Å². The summed E-state index contributed by atoms with van der Waals surface area (Å²) in [6, 6.07) is 5.43. The number of methoxy groups -OCH3 is 1. The molecule has 1 aromatic carbocycles. The number of aryl methyl sites for hydroxylation is 1. The Balaban J connectivity index is 1.95. The van der Waals surface area contributed by atoms with Gasteiger partial charge in [0, 0.05) is 24.6 Å². The molecule has 1 aliphatic heterocycles. The van der Waals surface area contributed by atoms with Gasteiger partial charge in [0.1, 0.15) is 11.4 Å². The van der Waals surface area contributed by atoms with E-state index in [1.165, 1.54) is 0 Å². The molecule has 0 radical (unpaired) electrons. The minimum atomic E-state index is -0.614. The molecule has 0 aliphatic carbocycles. The summed E-state index contributed by atoms with van der Waals surface area (Å²) in [4.78, 5) is 26.5. The van der Waals surface area contributed by atoms with E-state index in [0.29, 0.717) is 25.9 Å². The van der Waals surface area contributed by atoms with Gasteiger partial charge in [0.05, 0.1) is 19.8 Å². The van der Waals surface area contributed by atoms with Crippen molar-refractivity contribution in [3.8, 4) is 5.75 Å². The molecular formula is C21H32N2O5. The Bertz CT molecular complexity index is 699. The Hall–Kier alpha value is -2.28. The topological polar surface area (TPSA) is 88.1 Å². The summed E-state index contributed by atoms with van der Waals surface area (Å²) in [6.07, 6.45) is 0.494. The van der Waals surface area contributed by atoms with Gasteiger partial charge in [-0.15, -0.1) is 0 Å². The standard InChI is InChI=1S/C21H32N2O5/c1-14-6-7-16(18(10-14)27-5)12-23-9-8-15(19(23)25)11-17(13-24)22-20(26)28-21(2,3)4/h6-7,10,15,17,24H,8-9,11-13H2,1-5H3,(H,22,26). The van der Waals surface area contributed by atoms with E-state index in [-0.39, 0.29) is 18.4 Å². The molecule has 1 heterocycles. The summed E-state index contributed by atoms with van der Waals surface area (Å²) >= 11 is 0. The Labute approximate surface area is 167 Å². The lowest BCUT2D eigenvalue weighted by Gasteiger charge is -2.24. The fourth-order valence-corrected chi connectivity index (χ4v) is 3.36. The molecule has 0 bridgehead atoms. The molecule has 7 heteroatoms. The zero-order valence-corrected chi connectivity index (χ0v) is 17.4. The molecule has 2 rings (SSSR count). The van der Waals surface area contributed by atoms with Crippen LogP contribution in [0.15, 0.2) is 18.2 Å². The van der Waals surface area contributed by atoms with Crippen LogP contribution in [0.5, 0.6) is 5.75 Å². The van der Waals surface area contributed by atoms with Gasteiger partial charge in [0.25, 0.3) is 0 Å². The Morgan fingerprint density at radius 3 is 2.71 bits per heavy atom. The van der Waals surface area contributed by atoms with Gasteiger partial charge in [-0.1, -0.05) is 12.1 Å². The van der Waals surface area contributed by atoms with E-state index in [1.807, 2.05) is 25.1 Å². The first-order valence-corrected chi connectivity index (χ1v) is 9.65. The molecule has 2 unspecified atom stereocenters. The van der Waals surface area contributed by atoms with Crippen molar-refractivity contribution < 1.29 is 24.2 Å². The SMILES string of the molecule is COc1cc(C)ccc1CN1CCC(CC(CO)NC(=O)OC(C)(C)C)C1=O. The van der Waals surface area contributed by atoms with Gasteiger partial charge in [-0.3, -0.25) is 4.79 Å². The van der Waals surface area contributed by atoms with Crippen LogP contribution in [0.1, 0.15) is 44.7 Å². The Kier molecular flexibility index (Phi) is 7.29. The lowest BCUT2D eigenvalue weighted by Crippen LogP contribution is -2.42. The van der Waals surface area contributed by atoms with Crippen LogP contribution in [0.4, 0.5) is 4.79 Å². The van der Waals surface area contributed by atoms with Gasteiger partial charge in [0.15, 0.2) is 0 Å². The molecule has 7 nitrogen and oxygen atoms in total. The van der Waals surface area contributed by atoms with Crippen LogP contribution in [0.25, 0.3) is 0 Å². The van der Waals surface area contributed by atoms with Crippen molar-refractivity contribution in [3.63, 3.8) is 0 Å². The second-order valence-corrected chi connectivity index (χ2v) is 8.32. The quantitative estimate of drug-likeness (QED) is 0.745. The number of alkyl carbamates (subject to hydrolysis) is 1. The number of carbonyl (C=O) groups is 2. The highest BCUT2D eigenvalue weighted by atomic mass is 16.6. The first-order chi connectivity index (χ1) is 13.1. The maximum absolute atomic E-state index is 12.8. The molecule has 1 fully saturated rings. The predicted molar refractivity (Wildman–Crippen MR) is 106 cm³/mol. The lowest BCUT2D eigenvalue weighted by atomic mass is 9.99. The van der Waals surface area contributed by atoms with Crippen molar-refractivity contribution in [2.45, 2.75) is 58.7 Å². The third-order valence-electron chi connectivity index (χ3n) is 4.72. The number of ether oxygens (including phenoxy) is 2. The molecule has 0 saturated carbocycles. The fraction of sp³-hybridized carbons (Fsp3) is 0.619. The molecule has 0 spiro atoms. The first kappa shape index (κ1) is 22.0. The zero-order valence-electron chi connectivity index (χ0n) is 17.4. The van der Waals surface area contributed by atoms with Crippen molar-refractivity contribution in [1.82, 2.24) is 10.2 Å². The fourth-order valence-electron chi connectivity index (χ4n) is 3.36. The van der Waals surface area contributed by atoms with Gasteiger partial charge in [-0.25, -0.2) is 4.79 Å². The van der Waals surface area contributed by atoms with Crippen molar-refractivity contribution in [2.75, 3.05) is 20.3 Å². The third-order valence-corrected chi connectivity index (χ3v) is 4.72. The van der Waals surface area contributed by atoms with Crippen LogP contribution < -0.4 is 10.1 Å². The number of nitrogens with zero attached hydrogens (tertiary/aromatic N) is 1. The highest BCUT2D eigenvalue weighted by molar-refractivity contribution is 5.81. The summed E-state index contributed by atoms with van der Waals surface area (Å²) in [5.41, 5.74) is 1.45. The molecule has 2 N–H and O–H groups in total. The third kappa shape index (κ3) is 6.12. The number of aliphatic hydroxyl groups is 1. The number of likely N-dealkylation sites (tertiary alicyclic amines) is 1. The van der Waals surface area contributed by atoms with Crippen LogP contribution in [-0.2, 0) is 16.1 Å². The van der Waals surface area contributed by atoms with Crippen LogP contribution in [0.3, 0.4) is 0 Å². The Morgan fingerprint density at radius 1 is 1.39 bits per heavy atom. The van der Waals surface area contributed by atoms with E-state index in [9.17, 15) is 14.7 Å². The minimum Gasteiger partial charge on any atom is -0.496 e. The van der Waals surface area contributed by atoms with Gasteiger partial charge < -0.3 is 24.8 Å². The van der Waals surface area contributed by atoms with Gasteiger partial charge >= 0.3 is 6.09 Å². The molecule has 0 aromatic heterocycles. The molecule has 156 valence electrons. The zero-order chi connectivity index (χ0) is 20.9. The van der Waals surface area contributed by atoms with E-state index in [2.05, 4.69) is 5.32 Å². The number of hydrogen-bond acceptors (Lipinski definition) is 5. The molecular weight excluding hydrogens is 360 g/mol. The summed E-state index contributed by atoms with van der Waals surface area (Å²) in [6.45, 7) is 8.22. The largest absolute Gasteiger partial charge is 0.496 e. The maximum Gasteiger partial charge on any atom is 0.407 e. The number of nitrogens with one attached hydrogen (secondary N) is 1. The normalized spacial score (nSPS) is 18.1. The van der Waals surface area contributed by atoms with Crippen LogP contribution in [0, 0.1) is 12.8 Å². The number of rotatable bonds is 7. The highest BCUT2D eigenvalue weighted by Gasteiger charge is 2.34. The van der Waals surface area contributed by atoms with E-state index in [4.69, 9.17) is 9.47 Å². The van der Waals surface area contributed by atoms with E-state index in [0.717, 1.165) is 16.9 Å². The molecule has 28 heavy (non-hydrogen) atoms. The monoisotopic (exact) mass is 392 g/mol. The van der Waals surface area contributed by atoms with Gasteiger partial charge in [0.2, 0.25) is 5.91 Å². The van der Waals surface area contributed by atoms with Crippen molar-refractivity contribution in [2.24, 2.45) is 5.92 Å². The minimum absolute atomic E-state index is 0.0343. The second kappa shape index (κ2) is 9.28. The lowest BCUT2D eigenvalue weighted by molar-refractivity contribution is -0.131. The van der Waals surface area contributed by atoms with Crippen LogP contribution in [-0.4, -0.2) is 53.9 Å². The summed E-state index contributed by atoms with van der Waals surface area (Å²) in [5.74, 6) is 0.576. The number of aliphatic hydroxyl groups excluding tert-OH is 1. The molecule has 1 aromatic rings. The molecule has 1 saturated heterocycles. The average molecular weight is 392 g/mol. The number of carbonyl (C=O) groups excluding carboxylic acids is 2. The van der Waals surface area contributed by atoms with Gasteiger partial charge in [-0.2, -0.15) is 0 Å². The predicted octanol–water partition coefficient (Wildman–Crippen LogP) is 2.63. The van der Waals surface area contributed by atoms with E-state index >= 15 is 0 Å². The second-order valence-electron chi connectivity index (χ2n) is 8.32. The van der Waals surface area contributed by atoms with Crippen molar-refractivity contribution in [3.05, 3.63) is 29.3 Å². The van der Waals surface area contributed by atoms with Crippen molar-refractivity contribution >= 4 is 12.0 Å². The van der Waals surface area contributed by atoms with Crippen LogP contribution in [0.2, 0.25) is 0 Å². The first-order valence-electron chi connectivity index (χ1n) is 9.65.